The molecule has 0 spiro atoms. The smallest absolute Gasteiger partial charge is 0.106 e. The van der Waals surface area contributed by atoms with Crippen molar-refractivity contribution in [1.29, 1.82) is 5.26 Å². The van der Waals surface area contributed by atoms with Gasteiger partial charge in [-0.2, -0.15) is 5.26 Å². The topological polar surface area (TPSA) is 36.3 Å². The van der Waals surface area contributed by atoms with Crippen LogP contribution < -0.4 is 0 Å². The van der Waals surface area contributed by atoms with E-state index in [-0.39, 0.29) is 0 Å². The SMILES string of the molecule is CC(C#N)(CCc1ccccc1Cl)N1CCOCC1. The number of ether oxygens (including phenoxy) is 1. The summed E-state index contributed by atoms with van der Waals surface area (Å²) in [6, 6.07) is 10.3. The largest absolute Gasteiger partial charge is 0.379 e. The minimum absolute atomic E-state index is 0.442. The summed E-state index contributed by atoms with van der Waals surface area (Å²) in [4.78, 5) is 2.22. The van der Waals surface area contributed by atoms with E-state index in [1.54, 1.807) is 0 Å². The highest BCUT2D eigenvalue weighted by atomic mass is 35.5. The van der Waals surface area contributed by atoms with Crippen LogP contribution in [0.2, 0.25) is 5.02 Å². The van der Waals surface area contributed by atoms with Gasteiger partial charge in [-0.05, 0) is 31.4 Å². The molecular formula is C15H19ClN2O. The number of hydrogen-bond acceptors (Lipinski definition) is 3. The zero-order valence-electron chi connectivity index (χ0n) is 11.2. The quantitative estimate of drug-likeness (QED) is 0.850. The molecule has 0 aromatic heterocycles. The van der Waals surface area contributed by atoms with Crippen molar-refractivity contribution in [3.05, 3.63) is 34.9 Å². The summed E-state index contributed by atoms with van der Waals surface area (Å²) >= 11 is 6.17. The van der Waals surface area contributed by atoms with Crippen molar-refractivity contribution in [3.8, 4) is 6.07 Å². The van der Waals surface area contributed by atoms with Crippen LogP contribution in [0.5, 0.6) is 0 Å². The summed E-state index contributed by atoms with van der Waals surface area (Å²) in [5, 5.41) is 10.3. The first-order valence-corrected chi connectivity index (χ1v) is 7.01. The van der Waals surface area contributed by atoms with Crippen LogP contribution in [0.15, 0.2) is 24.3 Å². The summed E-state index contributed by atoms with van der Waals surface area (Å²) in [5.41, 5.74) is 0.669. The third-order valence-electron chi connectivity index (χ3n) is 3.79. The third-order valence-corrected chi connectivity index (χ3v) is 4.16. The summed E-state index contributed by atoms with van der Waals surface area (Å²) in [5.74, 6) is 0. The highest BCUT2D eigenvalue weighted by molar-refractivity contribution is 6.31. The second-order valence-electron chi connectivity index (χ2n) is 5.08. The predicted octanol–water partition coefficient (Wildman–Crippen LogP) is 2.89. The maximum absolute atomic E-state index is 9.52. The first kappa shape index (κ1) is 14.3. The van der Waals surface area contributed by atoms with Gasteiger partial charge in [0.15, 0.2) is 0 Å². The lowest BCUT2D eigenvalue weighted by Crippen LogP contribution is -2.51. The highest BCUT2D eigenvalue weighted by Gasteiger charge is 2.32. The van der Waals surface area contributed by atoms with Gasteiger partial charge >= 0.3 is 0 Å². The van der Waals surface area contributed by atoms with Gasteiger partial charge in [-0.25, -0.2) is 0 Å². The van der Waals surface area contributed by atoms with E-state index in [4.69, 9.17) is 16.3 Å². The molecule has 1 heterocycles. The fourth-order valence-corrected chi connectivity index (χ4v) is 2.65. The molecule has 1 saturated heterocycles. The Morgan fingerprint density at radius 2 is 2.05 bits per heavy atom. The molecule has 4 heteroatoms. The van der Waals surface area contributed by atoms with Crippen LogP contribution in [-0.2, 0) is 11.2 Å². The number of aryl methyl sites for hydroxylation is 1. The normalized spacial score (nSPS) is 19.6. The molecule has 1 unspecified atom stereocenters. The molecule has 0 saturated carbocycles. The Morgan fingerprint density at radius 1 is 1.37 bits per heavy atom. The number of benzene rings is 1. The number of rotatable bonds is 4. The molecule has 1 atom stereocenters. The molecule has 0 amide bonds. The van der Waals surface area contributed by atoms with E-state index in [2.05, 4.69) is 11.0 Å². The molecule has 0 radical (unpaired) electrons. The van der Waals surface area contributed by atoms with Crippen molar-refractivity contribution in [1.82, 2.24) is 4.90 Å². The van der Waals surface area contributed by atoms with Crippen LogP contribution in [0, 0.1) is 11.3 Å². The molecule has 2 rings (SSSR count). The first-order valence-electron chi connectivity index (χ1n) is 6.63. The number of morpholine rings is 1. The Balaban J connectivity index is 2.02. The average Bonchev–Trinajstić information content (AvgIpc) is 2.47. The predicted molar refractivity (Wildman–Crippen MR) is 76.2 cm³/mol. The molecule has 1 aromatic carbocycles. The van der Waals surface area contributed by atoms with Gasteiger partial charge in [0.25, 0.3) is 0 Å². The average molecular weight is 279 g/mol. The second kappa shape index (κ2) is 6.38. The molecule has 1 aliphatic heterocycles. The number of hydrogen-bond donors (Lipinski definition) is 0. The zero-order valence-corrected chi connectivity index (χ0v) is 12.0. The first-order chi connectivity index (χ1) is 9.15. The van der Waals surface area contributed by atoms with E-state index in [9.17, 15) is 5.26 Å². The van der Waals surface area contributed by atoms with Crippen LogP contribution in [-0.4, -0.2) is 36.7 Å². The highest BCUT2D eigenvalue weighted by Crippen LogP contribution is 2.25. The fraction of sp³-hybridized carbons (Fsp3) is 0.533. The molecule has 102 valence electrons. The minimum Gasteiger partial charge on any atom is -0.379 e. The van der Waals surface area contributed by atoms with Crippen molar-refractivity contribution < 1.29 is 4.74 Å². The Labute approximate surface area is 119 Å². The van der Waals surface area contributed by atoms with E-state index in [1.807, 2.05) is 31.2 Å². The molecule has 0 N–H and O–H groups in total. The third kappa shape index (κ3) is 3.48. The van der Waals surface area contributed by atoms with Gasteiger partial charge in [0.2, 0.25) is 0 Å². The van der Waals surface area contributed by atoms with Gasteiger partial charge in [-0.1, -0.05) is 29.8 Å². The lowest BCUT2D eigenvalue weighted by Gasteiger charge is -2.38. The molecule has 0 aliphatic carbocycles. The Hall–Kier alpha value is -1.08. The van der Waals surface area contributed by atoms with Gasteiger partial charge < -0.3 is 4.74 Å². The van der Waals surface area contributed by atoms with Crippen LogP contribution >= 0.6 is 11.6 Å². The van der Waals surface area contributed by atoms with Gasteiger partial charge in [0.05, 0.1) is 19.3 Å². The van der Waals surface area contributed by atoms with E-state index in [0.29, 0.717) is 13.2 Å². The van der Waals surface area contributed by atoms with Crippen molar-refractivity contribution in [2.75, 3.05) is 26.3 Å². The number of nitriles is 1. The van der Waals surface area contributed by atoms with Crippen LogP contribution in [0.3, 0.4) is 0 Å². The monoisotopic (exact) mass is 278 g/mol. The summed E-state index contributed by atoms with van der Waals surface area (Å²) in [6.07, 6.45) is 1.61. The van der Waals surface area contributed by atoms with Crippen molar-refractivity contribution in [3.63, 3.8) is 0 Å². The molecule has 1 aliphatic rings. The zero-order chi connectivity index (χ0) is 13.7. The molecule has 0 bridgehead atoms. The van der Waals surface area contributed by atoms with Gasteiger partial charge in [0.1, 0.15) is 5.54 Å². The van der Waals surface area contributed by atoms with Crippen LogP contribution in [0.25, 0.3) is 0 Å². The van der Waals surface area contributed by atoms with E-state index in [0.717, 1.165) is 36.5 Å². The number of nitrogens with zero attached hydrogens (tertiary/aromatic N) is 2. The molecule has 3 nitrogen and oxygen atoms in total. The van der Waals surface area contributed by atoms with Gasteiger partial charge in [-0.3, -0.25) is 4.90 Å². The fourth-order valence-electron chi connectivity index (χ4n) is 2.42. The van der Waals surface area contributed by atoms with Crippen molar-refractivity contribution in [2.24, 2.45) is 0 Å². The Bertz CT molecular complexity index is 465. The van der Waals surface area contributed by atoms with Gasteiger partial charge in [0, 0.05) is 18.1 Å². The molecular weight excluding hydrogens is 260 g/mol. The van der Waals surface area contributed by atoms with E-state index < -0.39 is 5.54 Å². The summed E-state index contributed by atoms with van der Waals surface area (Å²) < 4.78 is 5.35. The summed E-state index contributed by atoms with van der Waals surface area (Å²) in [7, 11) is 0. The lowest BCUT2D eigenvalue weighted by atomic mass is 9.92. The maximum atomic E-state index is 9.52. The van der Waals surface area contributed by atoms with E-state index >= 15 is 0 Å². The van der Waals surface area contributed by atoms with Crippen molar-refractivity contribution >= 4 is 11.6 Å². The molecule has 1 fully saturated rings. The Kier molecular flexibility index (Phi) is 4.81. The Morgan fingerprint density at radius 3 is 2.68 bits per heavy atom. The second-order valence-corrected chi connectivity index (χ2v) is 5.48. The van der Waals surface area contributed by atoms with Crippen molar-refractivity contribution in [2.45, 2.75) is 25.3 Å². The van der Waals surface area contributed by atoms with Crippen LogP contribution in [0.1, 0.15) is 18.9 Å². The standard InChI is InChI=1S/C15H19ClN2O/c1-15(12-17,18-8-10-19-11-9-18)7-6-13-4-2-3-5-14(13)16/h2-5H,6-11H2,1H3. The summed E-state index contributed by atoms with van der Waals surface area (Å²) in [6.45, 7) is 5.08. The minimum atomic E-state index is -0.442. The van der Waals surface area contributed by atoms with Gasteiger partial charge in [-0.15, -0.1) is 0 Å². The van der Waals surface area contributed by atoms with Crippen LogP contribution in [0.4, 0.5) is 0 Å². The maximum Gasteiger partial charge on any atom is 0.106 e. The van der Waals surface area contributed by atoms with E-state index in [1.165, 1.54) is 0 Å². The lowest BCUT2D eigenvalue weighted by molar-refractivity contribution is -0.000447. The molecule has 1 aromatic rings. The molecule has 19 heavy (non-hydrogen) atoms. The number of halogens is 1.